The second-order valence-corrected chi connectivity index (χ2v) is 8.50. The van der Waals surface area contributed by atoms with Crippen LogP contribution in [-0.4, -0.2) is 24.6 Å². The van der Waals surface area contributed by atoms with Crippen LogP contribution >= 0.6 is 15.9 Å². The average Bonchev–Trinajstić information content (AvgIpc) is 2.73. The summed E-state index contributed by atoms with van der Waals surface area (Å²) < 4.78 is 6.03. The summed E-state index contributed by atoms with van der Waals surface area (Å²) in [6.45, 7) is 1.85. The van der Waals surface area contributed by atoms with E-state index in [-0.39, 0.29) is 23.6 Å². The summed E-state index contributed by atoms with van der Waals surface area (Å²) in [7, 11) is 1.38. The van der Waals surface area contributed by atoms with Gasteiger partial charge in [-0.2, -0.15) is 0 Å². The van der Waals surface area contributed by atoms with E-state index in [1.807, 2.05) is 49.4 Å². The van der Waals surface area contributed by atoms with Crippen LogP contribution < -0.4 is 0 Å². The van der Waals surface area contributed by atoms with E-state index in [2.05, 4.69) is 28.1 Å². The summed E-state index contributed by atoms with van der Waals surface area (Å²) in [5.74, 6) is -1.13. The minimum atomic E-state index is -0.586. The van der Waals surface area contributed by atoms with E-state index >= 15 is 0 Å². The number of rotatable bonds is 3. The highest BCUT2D eigenvalue weighted by Gasteiger charge is 2.44. The Labute approximate surface area is 178 Å². The number of halogens is 1. The minimum absolute atomic E-state index is 0.0678. The highest BCUT2D eigenvalue weighted by molar-refractivity contribution is 9.10. The molecule has 29 heavy (non-hydrogen) atoms. The van der Waals surface area contributed by atoms with Gasteiger partial charge in [0.25, 0.3) is 0 Å². The zero-order valence-electron chi connectivity index (χ0n) is 16.4. The number of hydrogen-bond acceptors (Lipinski definition) is 4. The first-order valence-electron chi connectivity index (χ1n) is 9.69. The maximum atomic E-state index is 13.3. The second kappa shape index (κ2) is 8.07. The van der Waals surface area contributed by atoms with Crippen LogP contribution in [0, 0.1) is 5.92 Å². The van der Waals surface area contributed by atoms with Gasteiger partial charge in [-0.3, -0.25) is 14.6 Å². The van der Waals surface area contributed by atoms with Gasteiger partial charge in [0.05, 0.1) is 7.11 Å². The Bertz CT molecular complexity index is 1010. The second-order valence-electron chi connectivity index (χ2n) is 7.58. The molecule has 0 fully saturated rings. The maximum absolute atomic E-state index is 13.3. The first-order chi connectivity index (χ1) is 14.0. The minimum Gasteiger partial charge on any atom is -0.468 e. The number of methoxy groups -OCH3 is 1. The van der Waals surface area contributed by atoms with Crippen LogP contribution in [0.25, 0.3) is 0 Å². The van der Waals surface area contributed by atoms with Crippen LogP contribution in [0.1, 0.15) is 42.7 Å². The first-order valence-corrected chi connectivity index (χ1v) is 10.5. The number of allylic oxidation sites excluding steroid dienone is 2. The smallest absolute Gasteiger partial charge is 0.315 e. The van der Waals surface area contributed by atoms with E-state index < -0.39 is 5.92 Å². The predicted molar refractivity (Wildman–Crippen MR) is 116 cm³/mol. The van der Waals surface area contributed by atoms with Gasteiger partial charge in [-0.05, 0) is 42.5 Å². The molecule has 0 amide bonds. The number of Topliss-reactive ketones (excluding diaryl/α,β-unsaturated/α-hetero) is 1. The zero-order chi connectivity index (χ0) is 20.5. The van der Waals surface area contributed by atoms with E-state index in [0.29, 0.717) is 24.1 Å². The van der Waals surface area contributed by atoms with Crippen molar-refractivity contribution in [3.05, 3.63) is 81.5 Å². The number of carbonyl (C=O) groups excluding carboxylic acids is 2. The molecule has 0 bridgehead atoms. The Morgan fingerprint density at radius 3 is 2.38 bits per heavy atom. The summed E-state index contributed by atoms with van der Waals surface area (Å²) in [5.41, 5.74) is 4.25. The Morgan fingerprint density at radius 2 is 1.72 bits per heavy atom. The average molecular weight is 452 g/mol. The van der Waals surface area contributed by atoms with Gasteiger partial charge in [0, 0.05) is 33.8 Å². The fraction of sp³-hybridized carbons (Fsp3) is 0.292. The van der Waals surface area contributed by atoms with Crippen molar-refractivity contribution >= 4 is 33.4 Å². The third kappa shape index (κ3) is 3.71. The molecule has 3 atom stereocenters. The zero-order valence-corrected chi connectivity index (χ0v) is 18.0. The SMILES string of the molecule is COC(=O)C1C(C)=NC2=C(C(=O)C[C@H](c3ccccc3)C2)[C@H]1c1ccc(Br)cc1. The van der Waals surface area contributed by atoms with Crippen LogP contribution in [0.4, 0.5) is 0 Å². The maximum Gasteiger partial charge on any atom is 0.315 e. The third-order valence-electron chi connectivity index (χ3n) is 5.84. The molecular formula is C24H22BrNO3. The molecule has 0 N–H and O–H groups in total. The summed E-state index contributed by atoms with van der Waals surface area (Å²) in [4.78, 5) is 30.7. The first kappa shape index (κ1) is 19.8. The standard InChI is InChI=1S/C24H22BrNO3/c1-14-21(24(28)29-2)22(16-8-10-18(25)11-9-16)23-19(26-14)12-17(13-20(23)27)15-6-4-3-5-7-15/h3-11,17,21-22H,12-13H2,1-2H3/t17-,21?,22+/m1/s1. The van der Waals surface area contributed by atoms with Gasteiger partial charge in [-0.1, -0.05) is 58.4 Å². The molecule has 148 valence electrons. The van der Waals surface area contributed by atoms with Crippen LogP contribution in [-0.2, 0) is 14.3 Å². The number of aliphatic imine (C=N–C) groups is 1. The molecule has 5 heteroatoms. The molecule has 0 radical (unpaired) electrons. The molecule has 1 aliphatic carbocycles. The van der Waals surface area contributed by atoms with Crippen molar-refractivity contribution in [1.29, 1.82) is 0 Å². The topological polar surface area (TPSA) is 55.7 Å². The van der Waals surface area contributed by atoms with Crippen LogP contribution in [0.3, 0.4) is 0 Å². The molecule has 4 rings (SSSR count). The molecular weight excluding hydrogens is 430 g/mol. The number of esters is 1. The highest BCUT2D eigenvalue weighted by atomic mass is 79.9. The quantitative estimate of drug-likeness (QED) is 0.602. The van der Waals surface area contributed by atoms with Crippen molar-refractivity contribution in [1.82, 2.24) is 0 Å². The van der Waals surface area contributed by atoms with E-state index in [1.54, 1.807) is 0 Å². The van der Waals surface area contributed by atoms with E-state index in [1.165, 1.54) is 7.11 Å². The number of ketones is 1. The lowest BCUT2D eigenvalue weighted by molar-refractivity contribution is -0.143. The number of hydrogen-bond donors (Lipinski definition) is 0. The Hall–Kier alpha value is -2.53. The number of ether oxygens (including phenoxy) is 1. The largest absolute Gasteiger partial charge is 0.468 e. The van der Waals surface area contributed by atoms with E-state index in [4.69, 9.17) is 9.73 Å². The fourth-order valence-electron chi connectivity index (χ4n) is 4.48. The van der Waals surface area contributed by atoms with Gasteiger partial charge < -0.3 is 4.74 Å². The van der Waals surface area contributed by atoms with Crippen LogP contribution in [0.2, 0.25) is 0 Å². The molecule has 4 nitrogen and oxygen atoms in total. The van der Waals surface area contributed by atoms with E-state index in [0.717, 1.165) is 21.3 Å². The van der Waals surface area contributed by atoms with Gasteiger partial charge in [0.2, 0.25) is 0 Å². The lowest BCUT2D eigenvalue weighted by Crippen LogP contribution is -2.37. The van der Waals surface area contributed by atoms with Crippen molar-refractivity contribution in [3.8, 4) is 0 Å². The lowest BCUT2D eigenvalue weighted by Gasteiger charge is -2.36. The summed E-state index contributed by atoms with van der Waals surface area (Å²) in [6, 6.07) is 17.9. The van der Waals surface area contributed by atoms with E-state index in [9.17, 15) is 9.59 Å². The summed E-state index contributed by atoms with van der Waals surface area (Å²) >= 11 is 3.46. The normalized spacial score (nSPS) is 24.0. The van der Waals surface area contributed by atoms with Gasteiger partial charge in [-0.15, -0.1) is 0 Å². The highest BCUT2D eigenvalue weighted by Crippen LogP contribution is 2.46. The van der Waals surface area contributed by atoms with Gasteiger partial charge in [0.15, 0.2) is 5.78 Å². The Morgan fingerprint density at radius 1 is 1.03 bits per heavy atom. The Balaban J connectivity index is 1.81. The molecule has 0 saturated carbocycles. The predicted octanol–water partition coefficient (Wildman–Crippen LogP) is 5.20. The molecule has 2 aromatic rings. The summed E-state index contributed by atoms with van der Waals surface area (Å²) in [6.07, 6.45) is 1.13. The van der Waals surface area contributed by atoms with Crippen molar-refractivity contribution in [2.24, 2.45) is 10.9 Å². The fourth-order valence-corrected chi connectivity index (χ4v) is 4.75. The van der Waals surface area contributed by atoms with Crippen molar-refractivity contribution in [3.63, 3.8) is 0 Å². The summed E-state index contributed by atoms with van der Waals surface area (Å²) in [5, 5.41) is 0. The molecule has 1 unspecified atom stereocenters. The molecule has 1 aliphatic heterocycles. The number of benzene rings is 2. The van der Waals surface area contributed by atoms with Crippen molar-refractivity contribution in [2.75, 3.05) is 7.11 Å². The lowest BCUT2D eigenvalue weighted by atomic mass is 9.69. The molecule has 2 aromatic carbocycles. The van der Waals surface area contributed by atoms with Crippen molar-refractivity contribution < 1.29 is 14.3 Å². The molecule has 2 aliphatic rings. The van der Waals surface area contributed by atoms with Gasteiger partial charge >= 0.3 is 5.97 Å². The van der Waals surface area contributed by atoms with Gasteiger partial charge in [0.1, 0.15) is 5.92 Å². The monoisotopic (exact) mass is 451 g/mol. The Kier molecular flexibility index (Phi) is 5.50. The molecule has 0 saturated heterocycles. The van der Waals surface area contributed by atoms with Crippen LogP contribution in [0.5, 0.6) is 0 Å². The molecule has 1 heterocycles. The third-order valence-corrected chi connectivity index (χ3v) is 6.37. The van der Waals surface area contributed by atoms with Crippen molar-refractivity contribution in [2.45, 2.75) is 31.6 Å². The molecule has 0 aromatic heterocycles. The number of carbonyl (C=O) groups is 2. The number of nitrogens with zero attached hydrogens (tertiary/aromatic N) is 1. The molecule has 0 spiro atoms. The van der Waals surface area contributed by atoms with Crippen LogP contribution in [0.15, 0.2) is 75.3 Å². The van der Waals surface area contributed by atoms with Gasteiger partial charge in [-0.25, -0.2) is 0 Å².